The molecule has 8 rings (SSSR count). The summed E-state index contributed by atoms with van der Waals surface area (Å²) >= 11 is 0. The van der Waals surface area contributed by atoms with Crippen molar-refractivity contribution in [1.82, 2.24) is 4.57 Å². The van der Waals surface area contributed by atoms with Crippen LogP contribution >= 0.6 is 0 Å². The van der Waals surface area contributed by atoms with Gasteiger partial charge in [-0.2, -0.15) is 0 Å². The number of nitrogens with zero attached hydrogens (tertiary/aromatic N) is 1. The molecule has 0 saturated heterocycles. The highest BCUT2D eigenvalue weighted by atomic mass is 16.3. The zero-order valence-electron chi connectivity index (χ0n) is 21.8. The van der Waals surface area contributed by atoms with E-state index in [9.17, 15) is 0 Å². The minimum absolute atomic E-state index is 0.352. The van der Waals surface area contributed by atoms with Crippen LogP contribution in [0.3, 0.4) is 0 Å². The van der Waals surface area contributed by atoms with E-state index in [1.165, 1.54) is 70.1 Å². The summed E-state index contributed by atoms with van der Waals surface area (Å²) in [6.07, 6.45) is 21.1. The van der Waals surface area contributed by atoms with E-state index < -0.39 is 0 Å². The molecule has 0 bridgehead atoms. The van der Waals surface area contributed by atoms with E-state index in [-0.39, 0.29) is 0 Å². The lowest BCUT2D eigenvalue weighted by atomic mass is 9.81. The van der Waals surface area contributed by atoms with Crippen LogP contribution in [0.4, 0.5) is 0 Å². The van der Waals surface area contributed by atoms with E-state index in [0.717, 1.165) is 29.8 Å². The maximum absolute atomic E-state index is 6.12. The number of benzene rings is 3. The van der Waals surface area contributed by atoms with Gasteiger partial charge in [-0.1, -0.05) is 86.0 Å². The number of hydrogen-bond donors (Lipinski definition) is 0. The lowest BCUT2D eigenvalue weighted by molar-refractivity contribution is 0.405. The van der Waals surface area contributed by atoms with E-state index in [1.54, 1.807) is 5.57 Å². The maximum atomic E-state index is 6.12. The Morgan fingerprint density at radius 1 is 0.737 bits per heavy atom. The zero-order valence-corrected chi connectivity index (χ0v) is 21.8. The number of hydrogen-bond acceptors (Lipinski definition) is 1. The van der Waals surface area contributed by atoms with E-state index in [0.29, 0.717) is 12.0 Å². The van der Waals surface area contributed by atoms with Crippen molar-refractivity contribution in [2.75, 3.05) is 0 Å². The van der Waals surface area contributed by atoms with Crippen LogP contribution in [0.25, 0.3) is 44.9 Å². The molecule has 0 spiro atoms. The average Bonchev–Trinajstić information content (AvgIpc) is 3.53. The summed E-state index contributed by atoms with van der Waals surface area (Å²) in [5, 5.41) is 5.18. The Labute approximate surface area is 223 Å². The number of furan rings is 1. The second-order valence-electron chi connectivity index (χ2n) is 11.5. The molecule has 0 amide bonds. The molecule has 2 heteroatoms. The molecule has 3 aliphatic rings. The molecule has 3 aromatic carbocycles. The molecular formula is C36H33NO. The molecule has 0 radical (unpaired) electrons. The van der Waals surface area contributed by atoms with Crippen LogP contribution in [0, 0.1) is 5.92 Å². The van der Waals surface area contributed by atoms with Crippen LogP contribution in [0.15, 0.2) is 94.9 Å². The van der Waals surface area contributed by atoms with Crippen molar-refractivity contribution in [2.24, 2.45) is 5.92 Å². The summed E-state index contributed by atoms with van der Waals surface area (Å²) < 4.78 is 8.70. The Balaban J connectivity index is 1.19. The van der Waals surface area contributed by atoms with Crippen LogP contribution in [0.5, 0.6) is 0 Å². The second kappa shape index (κ2) is 8.91. The van der Waals surface area contributed by atoms with Gasteiger partial charge in [-0.3, -0.25) is 0 Å². The summed E-state index contributed by atoms with van der Waals surface area (Å²) in [6.45, 7) is 0. The molecule has 2 unspecified atom stereocenters. The standard InChI is InChI=1S/C36H33NO/c1-2-8-24(9-3-1)25-14-18-28(19-15-25)37-33-12-6-4-10-29(33)31-22-26(16-20-34(31)37)27-17-21-36-32(23-27)30-11-5-7-13-35(30)38-36/h4-7,10-16,18,20-24,27-28H,1-3,8-9,17,19H2. The number of para-hydroxylation sites is 2. The van der Waals surface area contributed by atoms with Crippen molar-refractivity contribution in [3.8, 4) is 0 Å². The Hall–Kier alpha value is -3.78. The minimum Gasteiger partial charge on any atom is -0.456 e. The summed E-state index contributed by atoms with van der Waals surface area (Å²) in [4.78, 5) is 0. The second-order valence-corrected chi connectivity index (χ2v) is 11.5. The summed E-state index contributed by atoms with van der Waals surface area (Å²) in [6, 6.07) is 24.9. The quantitative estimate of drug-likeness (QED) is 0.246. The van der Waals surface area contributed by atoms with Crippen molar-refractivity contribution < 1.29 is 4.42 Å². The first-order chi connectivity index (χ1) is 18.8. The van der Waals surface area contributed by atoms with Crippen molar-refractivity contribution >= 4 is 44.9 Å². The van der Waals surface area contributed by atoms with Gasteiger partial charge in [0.25, 0.3) is 0 Å². The first-order valence-corrected chi connectivity index (χ1v) is 14.4. The van der Waals surface area contributed by atoms with E-state index in [1.807, 2.05) is 6.07 Å². The largest absolute Gasteiger partial charge is 0.456 e. The average molecular weight is 496 g/mol. The number of allylic oxidation sites excluding steroid dienone is 4. The summed E-state index contributed by atoms with van der Waals surface area (Å²) in [7, 11) is 0. The predicted molar refractivity (Wildman–Crippen MR) is 159 cm³/mol. The molecule has 2 nitrogen and oxygen atoms in total. The van der Waals surface area contributed by atoms with Gasteiger partial charge in [0.05, 0.1) is 6.04 Å². The molecule has 188 valence electrons. The minimum atomic E-state index is 0.352. The fourth-order valence-electron chi connectivity index (χ4n) is 7.31. The molecule has 2 heterocycles. The smallest absolute Gasteiger partial charge is 0.135 e. The Kier molecular flexibility index (Phi) is 5.21. The van der Waals surface area contributed by atoms with Crippen molar-refractivity contribution in [2.45, 2.75) is 56.9 Å². The fourth-order valence-corrected chi connectivity index (χ4v) is 7.31. The lowest BCUT2D eigenvalue weighted by Gasteiger charge is -2.27. The zero-order chi connectivity index (χ0) is 25.1. The molecule has 3 aliphatic carbocycles. The third-order valence-corrected chi connectivity index (χ3v) is 9.26. The Morgan fingerprint density at radius 2 is 1.55 bits per heavy atom. The summed E-state index contributed by atoms with van der Waals surface area (Å²) in [5.41, 5.74) is 7.64. The van der Waals surface area contributed by atoms with E-state index in [2.05, 4.69) is 95.6 Å². The predicted octanol–water partition coefficient (Wildman–Crippen LogP) is 8.30. The number of aromatic nitrogens is 1. The molecule has 5 aromatic rings. The third kappa shape index (κ3) is 3.54. The monoisotopic (exact) mass is 495 g/mol. The van der Waals surface area contributed by atoms with Crippen molar-refractivity contribution in [1.29, 1.82) is 0 Å². The highest BCUT2D eigenvalue weighted by molar-refractivity contribution is 6.08. The molecule has 2 atom stereocenters. The normalized spacial score (nSPS) is 21.8. The van der Waals surface area contributed by atoms with Gasteiger partial charge in [0, 0.05) is 38.3 Å². The Morgan fingerprint density at radius 3 is 2.42 bits per heavy atom. The van der Waals surface area contributed by atoms with Gasteiger partial charge in [-0.05, 0) is 73.1 Å². The molecule has 38 heavy (non-hydrogen) atoms. The van der Waals surface area contributed by atoms with E-state index in [4.69, 9.17) is 4.42 Å². The first kappa shape index (κ1) is 22.2. The SMILES string of the molecule is C1=CC(n2c3ccccc3c3cc(C4C=c5c(oc6ccccc56)=CC4)ccc32)CC=C1C1CCCCC1. The number of rotatable bonds is 3. The Bertz CT molecular complexity index is 1870. The van der Waals surface area contributed by atoms with Gasteiger partial charge in [0.15, 0.2) is 0 Å². The molecular weight excluding hydrogens is 462 g/mol. The van der Waals surface area contributed by atoms with Gasteiger partial charge >= 0.3 is 0 Å². The van der Waals surface area contributed by atoms with Gasteiger partial charge in [-0.15, -0.1) is 0 Å². The lowest BCUT2D eigenvalue weighted by Crippen LogP contribution is -2.24. The topological polar surface area (TPSA) is 18.1 Å². The van der Waals surface area contributed by atoms with Crippen molar-refractivity contribution in [3.05, 3.63) is 107 Å². The highest BCUT2D eigenvalue weighted by Crippen LogP contribution is 2.39. The van der Waals surface area contributed by atoms with Crippen molar-refractivity contribution in [3.63, 3.8) is 0 Å². The summed E-state index contributed by atoms with van der Waals surface area (Å²) in [5.74, 6) is 1.13. The van der Waals surface area contributed by atoms with Crippen LogP contribution < -0.4 is 10.6 Å². The third-order valence-electron chi connectivity index (χ3n) is 9.26. The molecule has 0 N–H and O–H groups in total. The van der Waals surface area contributed by atoms with Gasteiger partial charge < -0.3 is 8.98 Å². The first-order valence-electron chi connectivity index (χ1n) is 14.4. The molecule has 0 aliphatic heterocycles. The van der Waals surface area contributed by atoms with Crippen LogP contribution in [-0.2, 0) is 0 Å². The van der Waals surface area contributed by atoms with E-state index >= 15 is 0 Å². The van der Waals surface area contributed by atoms with Crippen LogP contribution in [0.1, 0.15) is 62.5 Å². The van der Waals surface area contributed by atoms with Gasteiger partial charge in [-0.25, -0.2) is 0 Å². The van der Waals surface area contributed by atoms with Gasteiger partial charge in [0.1, 0.15) is 11.0 Å². The highest BCUT2D eigenvalue weighted by Gasteiger charge is 2.23. The molecule has 1 saturated carbocycles. The number of fused-ring (bicyclic) bond motifs is 6. The molecule has 1 fully saturated rings. The van der Waals surface area contributed by atoms with Gasteiger partial charge in [0.2, 0.25) is 0 Å². The van der Waals surface area contributed by atoms with Crippen LogP contribution in [-0.4, -0.2) is 4.57 Å². The molecule has 2 aromatic heterocycles. The van der Waals surface area contributed by atoms with Crippen LogP contribution in [0.2, 0.25) is 0 Å². The fraction of sp³-hybridized carbons (Fsp3) is 0.278. The maximum Gasteiger partial charge on any atom is 0.135 e.